The lowest BCUT2D eigenvalue weighted by Crippen LogP contribution is -2.19. The summed E-state index contributed by atoms with van der Waals surface area (Å²) in [6.07, 6.45) is 0. The summed E-state index contributed by atoms with van der Waals surface area (Å²) in [5.41, 5.74) is -0.0666. The summed E-state index contributed by atoms with van der Waals surface area (Å²) in [7, 11) is 1.42. The molecule has 5 nitrogen and oxygen atoms in total. The Bertz CT molecular complexity index is 362. The normalized spacial score (nSPS) is 10.1. The summed E-state index contributed by atoms with van der Waals surface area (Å²) in [5, 5.41) is 2.32. The van der Waals surface area contributed by atoms with E-state index in [0.717, 1.165) is 18.1 Å². The Morgan fingerprint density at radius 1 is 1.60 bits per heavy atom. The number of nitrogens with one attached hydrogen (secondary N) is 1. The van der Waals surface area contributed by atoms with Crippen molar-refractivity contribution in [3.05, 3.63) is 29.6 Å². The van der Waals surface area contributed by atoms with Crippen LogP contribution in [0, 0.1) is 5.82 Å². The van der Waals surface area contributed by atoms with Crippen molar-refractivity contribution in [3.8, 4) is 0 Å². The van der Waals surface area contributed by atoms with Gasteiger partial charge in [0.1, 0.15) is 5.82 Å². The van der Waals surface area contributed by atoms with Gasteiger partial charge in [-0.15, -0.1) is 9.32 Å². The van der Waals surface area contributed by atoms with Crippen LogP contribution >= 0.6 is 12.0 Å². The van der Waals surface area contributed by atoms with Crippen molar-refractivity contribution < 1.29 is 18.5 Å². The molecule has 0 bridgehead atoms. The molecule has 1 aromatic carbocycles. The summed E-state index contributed by atoms with van der Waals surface area (Å²) in [4.78, 5) is 15.6. The van der Waals surface area contributed by atoms with Crippen molar-refractivity contribution in [1.29, 1.82) is 0 Å². The number of amides is 1. The number of carbonyl (C=O) groups is 1. The summed E-state index contributed by atoms with van der Waals surface area (Å²) in [6, 6.07) is 3.93. The number of nitrogens with two attached hydrogens (primary N) is 1. The van der Waals surface area contributed by atoms with E-state index in [4.69, 9.17) is 0 Å². The first kappa shape index (κ1) is 11.9. The predicted molar refractivity (Wildman–Crippen MR) is 52.0 cm³/mol. The third-order valence-corrected chi connectivity index (χ3v) is 2.17. The van der Waals surface area contributed by atoms with Crippen LogP contribution in [0.1, 0.15) is 10.4 Å². The number of rotatable bonds is 4. The van der Waals surface area contributed by atoms with Crippen molar-refractivity contribution in [2.75, 3.05) is 7.05 Å². The second-order valence-electron chi connectivity index (χ2n) is 2.47. The number of hydrogen-bond donors (Lipinski definition) is 2. The second-order valence-corrected chi connectivity index (χ2v) is 3.24. The van der Waals surface area contributed by atoms with E-state index in [2.05, 4.69) is 20.5 Å². The van der Waals surface area contributed by atoms with Crippen LogP contribution < -0.4 is 11.2 Å². The predicted octanol–water partition coefficient (Wildman–Crippen LogP) is 1.01. The van der Waals surface area contributed by atoms with Crippen LogP contribution in [-0.4, -0.2) is 13.0 Å². The van der Waals surface area contributed by atoms with Crippen LogP contribution in [0.2, 0.25) is 0 Å². The second kappa shape index (κ2) is 5.66. The van der Waals surface area contributed by atoms with Gasteiger partial charge in [-0.25, -0.2) is 4.39 Å². The smallest absolute Gasteiger partial charge is 0.254 e. The van der Waals surface area contributed by atoms with Crippen LogP contribution in [0.4, 0.5) is 4.39 Å². The van der Waals surface area contributed by atoms with Gasteiger partial charge in [-0.3, -0.25) is 4.79 Å². The number of hydrogen-bond acceptors (Lipinski definition) is 5. The molecule has 1 amide bonds. The molecule has 7 heteroatoms. The highest BCUT2D eigenvalue weighted by Gasteiger charge is 2.11. The lowest BCUT2D eigenvalue weighted by molar-refractivity contribution is -0.195. The molecule has 0 spiro atoms. The molecular weight excluding hydrogens is 223 g/mol. The van der Waals surface area contributed by atoms with Gasteiger partial charge in [-0.1, -0.05) is 0 Å². The van der Waals surface area contributed by atoms with Crippen molar-refractivity contribution in [2.24, 2.45) is 5.90 Å². The van der Waals surface area contributed by atoms with Crippen LogP contribution in [0.25, 0.3) is 0 Å². The minimum atomic E-state index is -0.604. The summed E-state index contributed by atoms with van der Waals surface area (Å²) in [5.74, 6) is 3.52. The first-order valence-corrected chi connectivity index (χ1v) is 4.65. The molecule has 15 heavy (non-hydrogen) atoms. The zero-order valence-corrected chi connectivity index (χ0v) is 8.64. The van der Waals surface area contributed by atoms with E-state index in [0.29, 0.717) is 4.90 Å². The average Bonchev–Trinajstić information content (AvgIpc) is 2.27. The van der Waals surface area contributed by atoms with E-state index in [1.165, 1.54) is 19.2 Å². The fraction of sp³-hybridized carbons (Fsp3) is 0.125. The van der Waals surface area contributed by atoms with Crippen molar-refractivity contribution >= 4 is 17.9 Å². The number of halogens is 1. The SMILES string of the molecule is CNC(=O)c1cc(SOON)ccc1F. The zero-order chi connectivity index (χ0) is 11.3. The van der Waals surface area contributed by atoms with Crippen molar-refractivity contribution in [1.82, 2.24) is 5.32 Å². The molecule has 0 atom stereocenters. The Morgan fingerprint density at radius 3 is 2.93 bits per heavy atom. The molecule has 0 heterocycles. The molecule has 0 aliphatic heterocycles. The molecule has 3 N–H and O–H groups in total. The maximum atomic E-state index is 13.2. The highest BCUT2D eigenvalue weighted by atomic mass is 32.2. The van der Waals surface area contributed by atoms with Crippen molar-refractivity contribution in [3.63, 3.8) is 0 Å². The average molecular weight is 232 g/mol. The summed E-state index contributed by atoms with van der Waals surface area (Å²) < 4.78 is 17.5. The molecule has 1 rings (SSSR count). The van der Waals surface area contributed by atoms with Crippen LogP contribution in [0.3, 0.4) is 0 Å². The maximum Gasteiger partial charge on any atom is 0.254 e. The van der Waals surface area contributed by atoms with Gasteiger partial charge in [0.2, 0.25) is 0 Å². The molecule has 1 aromatic rings. The Hall–Kier alpha value is -1.15. The fourth-order valence-electron chi connectivity index (χ4n) is 0.924. The summed E-state index contributed by atoms with van der Waals surface area (Å²) in [6.45, 7) is 0. The molecule has 0 radical (unpaired) electrons. The molecule has 0 fully saturated rings. The van der Waals surface area contributed by atoms with E-state index in [9.17, 15) is 9.18 Å². The highest BCUT2D eigenvalue weighted by molar-refractivity contribution is 7.94. The zero-order valence-electron chi connectivity index (χ0n) is 7.82. The van der Waals surface area contributed by atoms with E-state index >= 15 is 0 Å². The lowest BCUT2D eigenvalue weighted by Gasteiger charge is -2.03. The first-order valence-electron chi connectivity index (χ1n) is 3.90. The van der Waals surface area contributed by atoms with Gasteiger partial charge in [0.25, 0.3) is 5.91 Å². The molecule has 0 saturated heterocycles. The van der Waals surface area contributed by atoms with Gasteiger partial charge in [0.05, 0.1) is 17.6 Å². The quantitative estimate of drug-likeness (QED) is 0.460. The maximum absolute atomic E-state index is 13.2. The highest BCUT2D eigenvalue weighted by Crippen LogP contribution is 2.21. The van der Waals surface area contributed by atoms with E-state index < -0.39 is 11.7 Å². The minimum absolute atomic E-state index is 0.0666. The summed E-state index contributed by atoms with van der Waals surface area (Å²) >= 11 is 0.777. The fourth-order valence-corrected chi connectivity index (χ4v) is 1.33. The molecule has 0 unspecified atom stereocenters. The first-order chi connectivity index (χ1) is 7.19. The van der Waals surface area contributed by atoms with Gasteiger partial charge in [-0.05, 0) is 18.2 Å². The van der Waals surface area contributed by atoms with Gasteiger partial charge >= 0.3 is 0 Å². The molecule has 0 saturated carbocycles. The van der Waals surface area contributed by atoms with Gasteiger partial charge in [-0.2, -0.15) is 5.90 Å². The molecule has 0 aliphatic carbocycles. The van der Waals surface area contributed by atoms with E-state index in [1.807, 2.05) is 0 Å². The third kappa shape index (κ3) is 3.17. The minimum Gasteiger partial charge on any atom is -0.355 e. The third-order valence-electron chi connectivity index (χ3n) is 1.58. The molecule has 0 aliphatic rings. The largest absolute Gasteiger partial charge is 0.355 e. The Morgan fingerprint density at radius 2 is 2.33 bits per heavy atom. The standard InChI is InChI=1S/C8H9FN2O3S/c1-11-8(12)6-4-5(15-14-13-10)2-3-7(6)9/h2-4H,10H2,1H3,(H,11,12). The Kier molecular flexibility index (Phi) is 4.50. The van der Waals surface area contributed by atoms with E-state index in [1.54, 1.807) is 0 Å². The number of benzene rings is 1. The van der Waals surface area contributed by atoms with Gasteiger partial charge in [0, 0.05) is 11.9 Å². The van der Waals surface area contributed by atoms with Crippen molar-refractivity contribution in [2.45, 2.75) is 4.90 Å². The Labute approximate surface area is 89.8 Å². The lowest BCUT2D eigenvalue weighted by atomic mass is 10.2. The van der Waals surface area contributed by atoms with Crippen LogP contribution in [-0.2, 0) is 9.32 Å². The van der Waals surface area contributed by atoms with E-state index in [-0.39, 0.29) is 5.56 Å². The van der Waals surface area contributed by atoms with Crippen LogP contribution in [0.5, 0.6) is 0 Å². The molecular formula is C8H9FN2O3S. The topological polar surface area (TPSA) is 73.6 Å². The van der Waals surface area contributed by atoms with Crippen LogP contribution in [0.15, 0.2) is 23.1 Å². The van der Waals surface area contributed by atoms with Gasteiger partial charge < -0.3 is 5.32 Å². The Balaban J connectivity index is 2.89. The van der Waals surface area contributed by atoms with Gasteiger partial charge in [0.15, 0.2) is 0 Å². The number of carbonyl (C=O) groups excluding carboxylic acids is 1. The molecule has 82 valence electrons. The molecule has 0 aromatic heterocycles. The monoisotopic (exact) mass is 232 g/mol.